The topological polar surface area (TPSA) is 83.8 Å². The van der Waals surface area contributed by atoms with Crippen molar-refractivity contribution >= 4 is 22.5 Å². The average Bonchev–Trinajstić information content (AvgIpc) is 2.53. The fourth-order valence-corrected chi connectivity index (χ4v) is 3.29. The van der Waals surface area contributed by atoms with Gasteiger partial charge >= 0.3 is 0 Å². The molecule has 4 rings (SSSR count). The van der Waals surface area contributed by atoms with Crippen LogP contribution >= 0.6 is 11.8 Å². The molecule has 1 aliphatic heterocycles. The van der Waals surface area contributed by atoms with E-state index in [1.807, 2.05) is 12.1 Å². The number of aromatic hydroxyl groups is 1. The molecule has 2 N–H and O–H groups in total. The van der Waals surface area contributed by atoms with Crippen LogP contribution in [-0.2, 0) is 0 Å². The lowest BCUT2D eigenvalue weighted by Crippen LogP contribution is -2.43. The smallest absolute Gasteiger partial charge is 0.185 e. The second-order valence-electron chi connectivity index (χ2n) is 5.55. The summed E-state index contributed by atoms with van der Waals surface area (Å²) in [6.07, 6.45) is 5.15. The van der Waals surface area contributed by atoms with E-state index in [0.717, 1.165) is 34.6 Å². The first-order valence-electron chi connectivity index (χ1n) is 7.40. The molecule has 1 aromatic carbocycles. The van der Waals surface area contributed by atoms with Crippen molar-refractivity contribution in [2.24, 2.45) is 5.92 Å². The molecular weight excluding hydrogens is 310 g/mol. The molecule has 6 nitrogen and oxygen atoms in total. The first kappa shape index (κ1) is 14.3. The molecule has 0 atom stereocenters. The SMILES string of the molecule is Oc1cc2cnccc2cc1-c1ncc(SCC2CNC2)nn1. The maximum Gasteiger partial charge on any atom is 0.185 e. The number of nitrogens with zero attached hydrogens (tertiary/aromatic N) is 4. The third kappa shape index (κ3) is 2.97. The summed E-state index contributed by atoms with van der Waals surface area (Å²) in [5, 5.41) is 24.5. The molecule has 7 heteroatoms. The predicted molar refractivity (Wildman–Crippen MR) is 89.3 cm³/mol. The zero-order valence-corrected chi connectivity index (χ0v) is 13.1. The largest absolute Gasteiger partial charge is 0.507 e. The molecule has 0 saturated carbocycles. The lowest BCUT2D eigenvalue weighted by molar-refractivity contribution is 0.385. The van der Waals surface area contributed by atoms with Crippen molar-refractivity contribution in [2.75, 3.05) is 18.8 Å². The number of phenols is 1. The Hall–Kier alpha value is -2.25. The Labute approximate surface area is 137 Å². The van der Waals surface area contributed by atoms with E-state index < -0.39 is 0 Å². The summed E-state index contributed by atoms with van der Waals surface area (Å²) in [5.74, 6) is 2.29. The van der Waals surface area contributed by atoms with Gasteiger partial charge in [-0.2, -0.15) is 0 Å². The molecule has 1 fully saturated rings. The monoisotopic (exact) mass is 325 g/mol. The van der Waals surface area contributed by atoms with Crippen LogP contribution in [0.25, 0.3) is 22.2 Å². The number of thioether (sulfide) groups is 1. The molecule has 0 radical (unpaired) electrons. The van der Waals surface area contributed by atoms with Crippen LogP contribution in [-0.4, -0.2) is 44.1 Å². The summed E-state index contributed by atoms with van der Waals surface area (Å²) < 4.78 is 0. The third-order valence-electron chi connectivity index (χ3n) is 3.87. The fourth-order valence-electron chi connectivity index (χ4n) is 2.43. The summed E-state index contributed by atoms with van der Waals surface area (Å²) in [6, 6.07) is 5.42. The van der Waals surface area contributed by atoms with E-state index in [0.29, 0.717) is 17.3 Å². The number of aromatic nitrogens is 4. The summed E-state index contributed by atoms with van der Waals surface area (Å²) in [6.45, 7) is 2.15. The van der Waals surface area contributed by atoms with Crippen molar-refractivity contribution in [2.45, 2.75) is 5.03 Å². The zero-order valence-electron chi connectivity index (χ0n) is 12.3. The van der Waals surface area contributed by atoms with E-state index in [-0.39, 0.29) is 5.75 Å². The average molecular weight is 325 g/mol. The molecule has 3 aromatic rings. The van der Waals surface area contributed by atoms with Gasteiger partial charge in [0.15, 0.2) is 5.82 Å². The highest BCUT2D eigenvalue weighted by molar-refractivity contribution is 7.99. The van der Waals surface area contributed by atoms with Crippen LogP contribution in [0.2, 0.25) is 0 Å². The highest BCUT2D eigenvalue weighted by Gasteiger charge is 2.17. The van der Waals surface area contributed by atoms with Crippen molar-refractivity contribution < 1.29 is 5.11 Å². The van der Waals surface area contributed by atoms with E-state index in [4.69, 9.17) is 0 Å². The van der Waals surface area contributed by atoms with Crippen molar-refractivity contribution in [3.8, 4) is 17.1 Å². The van der Waals surface area contributed by atoms with Crippen LogP contribution in [0.3, 0.4) is 0 Å². The molecule has 2 aromatic heterocycles. The molecule has 0 spiro atoms. The number of hydrogen-bond acceptors (Lipinski definition) is 7. The van der Waals surface area contributed by atoms with Crippen molar-refractivity contribution in [3.05, 3.63) is 36.8 Å². The molecule has 0 bridgehead atoms. The van der Waals surface area contributed by atoms with E-state index in [2.05, 4.69) is 25.5 Å². The van der Waals surface area contributed by atoms with Crippen LogP contribution in [0, 0.1) is 5.92 Å². The maximum absolute atomic E-state index is 10.2. The Bertz CT molecular complexity index is 835. The second-order valence-corrected chi connectivity index (χ2v) is 6.59. The number of nitrogens with one attached hydrogen (secondary N) is 1. The number of pyridine rings is 1. The predicted octanol–water partition coefficient (Wildman–Crippen LogP) is 2.10. The van der Waals surface area contributed by atoms with Gasteiger partial charge in [0.25, 0.3) is 0 Å². The highest BCUT2D eigenvalue weighted by atomic mass is 32.2. The lowest BCUT2D eigenvalue weighted by Gasteiger charge is -2.26. The Balaban J connectivity index is 1.58. The van der Waals surface area contributed by atoms with Gasteiger partial charge in [-0.1, -0.05) is 0 Å². The van der Waals surface area contributed by atoms with Gasteiger partial charge in [-0.05, 0) is 42.6 Å². The fraction of sp³-hybridized carbons (Fsp3) is 0.250. The van der Waals surface area contributed by atoms with E-state index in [1.165, 1.54) is 0 Å². The van der Waals surface area contributed by atoms with Gasteiger partial charge in [-0.3, -0.25) is 4.98 Å². The maximum atomic E-state index is 10.2. The van der Waals surface area contributed by atoms with E-state index in [9.17, 15) is 5.11 Å². The van der Waals surface area contributed by atoms with E-state index >= 15 is 0 Å². The zero-order chi connectivity index (χ0) is 15.6. The standard InChI is InChI=1S/C16H15N5OS/c22-14-4-12-7-17-2-1-11(12)3-13(14)16-19-8-15(20-21-16)23-9-10-5-18-6-10/h1-4,7-8,10,18,22H,5-6,9H2. The van der Waals surface area contributed by atoms with Crippen LogP contribution in [0.15, 0.2) is 41.8 Å². The van der Waals surface area contributed by atoms with Gasteiger partial charge in [-0.15, -0.1) is 22.0 Å². The molecule has 1 aliphatic rings. The first-order valence-corrected chi connectivity index (χ1v) is 8.38. The van der Waals surface area contributed by atoms with Gasteiger partial charge in [0.05, 0.1) is 11.8 Å². The van der Waals surface area contributed by atoms with Crippen LogP contribution in [0.4, 0.5) is 0 Å². The van der Waals surface area contributed by atoms with Gasteiger partial charge in [0.1, 0.15) is 10.8 Å². The number of fused-ring (bicyclic) bond motifs is 1. The van der Waals surface area contributed by atoms with E-state index in [1.54, 1.807) is 36.4 Å². The van der Waals surface area contributed by atoms with Gasteiger partial charge in [0, 0.05) is 23.5 Å². The minimum absolute atomic E-state index is 0.133. The number of benzene rings is 1. The molecule has 0 amide bonds. The van der Waals surface area contributed by atoms with Crippen LogP contribution in [0.5, 0.6) is 5.75 Å². The number of rotatable bonds is 4. The highest BCUT2D eigenvalue weighted by Crippen LogP contribution is 2.31. The molecule has 116 valence electrons. The van der Waals surface area contributed by atoms with Gasteiger partial charge < -0.3 is 10.4 Å². The Morgan fingerprint density at radius 1 is 1.17 bits per heavy atom. The molecule has 1 saturated heterocycles. The van der Waals surface area contributed by atoms with Crippen molar-refractivity contribution in [1.29, 1.82) is 0 Å². The summed E-state index contributed by atoms with van der Waals surface area (Å²) in [5.41, 5.74) is 0.580. The van der Waals surface area contributed by atoms with Crippen LogP contribution < -0.4 is 5.32 Å². The number of phenolic OH excluding ortho intramolecular Hbond substituents is 1. The minimum atomic E-state index is 0.133. The summed E-state index contributed by atoms with van der Waals surface area (Å²) >= 11 is 1.67. The molecule has 0 unspecified atom stereocenters. The molecule has 3 heterocycles. The number of hydrogen-bond donors (Lipinski definition) is 2. The molecule has 0 aliphatic carbocycles. The first-order chi connectivity index (χ1) is 11.3. The Morgan fingerprint density at radius 3 is 2.83 bits per heavy atom. The third-order valence-corrected chi connectivity index (χ3v) is 4.99. The quantitative estimate of drug-likeness (QED) is 0.711. The summed E-state index contributed by atoms with van der Waals surface area (Å²) in [7, 11) is 0. The minimum Gasteiger partial charge on any atom is -0.507 e. The van der Waals surface area contributed by atoms with Gasteiger partial charge in [0.2, 0.25) is 0 Å². The second kappa shape index (κ2) is 6.10. The Morgan fingerprint density at radius 2 is 2.09 bits per heavy atom. The van der Waals surface area contributed by atoms with Crippen molar-refractivity contribution in [1.82, 2.24) is 25.5 Å². The molecule has 23 heavy (non-hydrogen) atoms. The summed E-state index contributed by atoms with van der Waals surface area (Å²) in [4.78, 5) is 8.41. The Kier molecular flexibility index (Phi) is 3.80. The van der Waals surface area contributed by atoms with Gasteiger partial charge in [-0.25, -0.2) is 4.98 Å². The van der Waals surface area contributed by atoms with Crippen LogP contribution in [0.1, 0.15) is 0 Å². The van der Waals surface area contributed by atoms with Crippen molar-refractivity contribution in [3.63, 3.8) is 0 Å². The normalized spacial score (nSPS) is 14.8. The lowest BCUT2D eigenvalue weighted by atomic mass is 10.1. The molecular formula is C16H15N5OS.